The van der Waals surface area contributed by atoms with E-state index < -0.39 is 0 Å². The predicted octanol–water partition coefficient (Wildman–Crippen LogP) is 8.37. The summed E-state index contributed by atoms with van der Waals surface area (Å²) < 4.78 is 8.87. The zero-order valence-corrected chi connectivity index (χ0v) is 17.5. The monoisotopic (exact) mass is 420 g/mol. The van der Waals surface area contributed by atoms with Crippen LogP contribution in [0.2, 0.25) is 0 Å². The number of H-pyrrole nitrogens is 1. The zero-order chi connectivity index (χ0) is 21.3. The van der Waals surface area contributed by atoms with Crippen LogP contribution in [0.4, 0.5) is 0 Å². The van der Waals surface area contributed by atoms with Gasteiger partial charge in [-0.05, 0) is 35.7 Å². The van der Waals surface area contributed by atoms with Crippen LogP contribution in [0, 0.1) is 0 Å². The van der Waals surface area contributed by atoms with Gasteiger partial charge in [0.05, 0.1) is 22.1 Å². The van der Waals surface area contributed by atoms with Crippen LogP contribution in [0.5, 0.6) is 0 Å². The number of furan rings is 1. The molecule has 0 atom stereocenters. The number of aromatic nitrogens is 2. The minimum Gasteiger partial charge on any atom is -0.454 e. The number of rotatable bonds is 0. The third kappa shape index (κ3) is 1.74. The summed E-state index contributed by atoms with van der Waals surface area (Å²) in [5.41, 5.74) is 7.80. The maximum Gasteiger partial charge on any atom is 0.159 e. The van der Waals surface area contributed by atoms with Crippen LogP contribution in [-0.2, 0) is 0 Å². The van der Waals surface area contributed by atoms with Crippen molar-refractivity contribution in [2.45, 2.75) is 0 Å². The second-order valence-electron chi connectivity index (χ2n) is 9.03. The fraction of sp³-hybridized carbons (Fsp3) is 0. The molecule has 0 aliphatic rings. The number of hydrogen-bond acceptors (Lipinski definition) is 1. The molecule has 0 saturated carbocycles. The Labute approximate surface area is 186 Å². The van der Waals surface area contributed by atoms with Crippen LogP contribution in [0.25, 0.3) is 81.8 Å². The van der Waals surface area contributed by atoms with Crippen molar-refractivity contribution < 1.29 is 4.42 Å². The number of fused-ring (bicyclic) bond motifs is 9. The van der Waals surface area contributed by atoms with E-state index in [0.29, 0.717) is 0 Å². The Morgan fingerprint density at radius 3 is 2.24 bits per heavy atom. The molecule has 33 heavy (non-hydrogen) atoms. The minimum atomic E-state index is 0.925. The summed E-state index contributed by atoms with van der Waals surface area (Å²) in [5.74, 6) is 0. The molecule has 0 fully saturated rings. The smallest absolute Gasteiger partial charge is 0.159 e. The van der Waals surface area contributed by atoms with Crippen molar-refractivity contribution in [1.29, 1.82) is 0 Å². The van der Waals surface area contributed by atoms with Crippen LogP contribution in [0.1, 0.15) is 0 Å². The first-order chi connectivity index (χ1) is 16.4. The molecule has 3 nitrogen and oxygen atoms in total. The topological polar surface area (TPSA) is 33.3 Å². The summed E-state index contributed by atoms with van der Waals surface area (Å²) in [6, 6.07) is 32.7. The maximum absolute atomic E-state index is 6.42. The lowest BCUT2D eigenvalue weighted by molar-refractivity contribution is 0.672. The fourth-order valence-corrected chi connectivity index (χ4v) is 6.16. The van der Waals surface area contributed by atoms with Crippen molar-refractivity contribution in [2.24, 2.45) is 0 Å². The van der Waals surface area contributed by atoms with Crippen LogP contribution in [-0.4, -0.2) is 9.38 Å². The van der Waals surface area contributed by atoms with Crippen molar-refractivity contribution in [1.82, 2.24) is 9.38 Å². The van der Waals surface area contributed by atoms with E-state index >= 15 is 0 Å². The van der Waals surface area contributed by atoms with Gasteiger partial charge in [0.1, 0.15) is 5.58 Å². The molecule has 0 saturated heterocycles. The molecule has 0 unspecified atom stereocenters. The van der Waals surface area contributed by atoms with E-state index in [1.165, 1.54) is 48.9 Å². The molecule has 0 aliphatic heterocycles. The third-order valence-electron chi connectivity index (χ3n) is 7.45. The lowest BCUT2D eigenvalue weighted by Crippen LogP contribution is -1.84. The highest BCUT2D eigenvalue weighted by molar-refractivity contribution is 6.35. The van der Waals surface area contributed by atoms with Crippen LogP contribution >= 0.6 is 0 Å². The summed E-state index contributed by atoms with van der Waals surface area (Å²) in [5, 5.41) is 9.91. The van der Waals surface area contributed by atoms with E-state index in [1.54, 1.807) is 0 Å². The fourth-order valence-electron chi connectivity index (χ4n) is 6.16. The highest BCUT2D eigenvalue weighted by Gasteiger charge is 2.22. The van der Waals surface area contributed by atoms with Gasteiger partial charge in [-0.15, -0.1) is 0 Å². The van der Waals surface area contributed by atoms with Gasteiger partial charge in [0, 0.05) is 43.2 Å². The van der Waals surface area contributed by atoms with Gasteiger partial charge in [-0.3, -0.25) is 0 Å². The molecule has 3 heteroatoms. The van der Waals surface area contributed by atoms with E-state index in [0.717, 1.165) is 33.0 Å². The molecule has 0 radical (unpaired) electrons. The molecule has 4 heterocycles. The largest absolute Gasteiger partial charge is 0.454 e. The van der Waals surface area contributed by atoms with Crippen LogP contribution in [0.3, 0.4) is 0 Å². The van der Waals surface area contributed by atoms with Crippen LogP contribution < -0.4 is 0 Å². The molecular formula is C30H16N2O. The lowest BCUT2D eigenvalue weighted by atomic mass is 10.0. The Morgan fingerprint density at radius 1 is 0.576 bits per heavy atom. The van der Waals surface area contributed by atoms with Crippen molar-refractivity contribution in [3.8, 4) is 0 Å². The summed E-state index contributed by atoms with van der Waals surface area (Å²) in [4.78, 5) is 3.73. The standard InChI is InChI=1S/C30H16N2O/c1-3-12-23-16(7-1)18-9-5-10-19-20-15-21-17-8-2-4-14-25(17)33-30(21)28-26(20)27-22(31-28)11-6-13-24(27)32(23)29(18)19/h1-15,31H. The summed E-state index contributed by atoms with van der Waals surface area (Å²) in [6.45, 7) is 0. The SMILES string of the molecule is c1ccc2c(c1)oc1c2cc2c3cccc4c5ccccc5n(c5cccc6[nH]c1c2c65)c34. The van der Waals surface area contributed by atoms with Crippen molar-refractivity contribution in [3.63, 3.8) is 0 Å². The first kappa shape index (κ1) is 16.2. The molecule has 152 valence electrons. The summed E-state index contributed by atoms with van der Waals surface area (Å²) in [7, 11) is 0. The van der Waals surface area contributed by atoms with Crippen molar-refractivity contribution in [2.75, 3.05) is 0 Å². The third-order valence-corrected chi connectivity index (χ3v) is 7.45. The van der Waals surface area contributed by atoms with E-state index in [2.05, 4.69) is 94.3 Å². The van der Waals surface area contributed by atoms with Gasteiger partial charge >= 0.3 is 0 Å². The predicted molar refractivity (Wildman–Crippen MR) is 138 cm³/mol. The first-order valence-electron chi connectivity index (χ1n) is 11.3. The highest BCUT2D eigenvalue weighted by atomic mass is 16.3. The van der Waals surface area contributed by atoms with Gasteiger partial charge in [0.2, 0.25) is 0 Å². The lowest BCUT2D eigenvalue weighted by Gasteiger charge is -2.01. The maximum atomic E-state index is 6.42. The Balaban J connectivity index is 1.75. The molecule has 5 aromatic carbocycles. The Morgan fingerprint density at radius 2 is 1.30 bits per heavy atom. The van der Waals surface area contributed by atoms with Crippen molar-refractivity contribution in [3.05, 3.63) is 91.0 Å². The minimum absolute atomic E-state index is 0.925. The van der Waals surface area contributed by atoms with Gasteiger partial charge in [0.15, 0.2) is 5.58 Å². The Hall–Kier alpha value is -4.50. The van der Waals surface area contributed by atoms with Gasteiger partial charge in [-0.2, -0.15) is 0 Å². The number of benzene rings is 5. The molecule has 0 amide bonds. The van der Waals surface area contributed by atoms with Gasteiger partial charge in [-0.25, -0.2) is 0 Å². The number of para-hydroxylation sites is 3. The highest BCUT2D eigenvalue weighted by Crippen LogP contribution is 2.45. The molecule has 0 bridgehead atoms. The molecule has 9 aromatic rings. The second kappa shape index (κ2) is 5.28. The normalized spacial score (nSPS) is 12.8. The molecule has 9 rings (SSSR count). The van der Waals surface area contributed by atoms with Gasteiger partial charge in [-0.1, -0.05) is 60.7 Å². The molecule has 4 aromatic heterocycles. The number of nitrogens with zero attached hydrogens (tertiary/aromatic N) is 1. The average Bonchev–Trinajstić information content (AvgIpc) is 3.50. The quantitative estimate of drug-likeness (QED) is 0.263. The molecule has 0 spiro atoms. The van der Waals surface area contributed by atoms with E-state index in [4.69, 9.17) is 4.42 Å². The van der Waals surface area contributed by atoms with E-state index in [-0.39, 0.29) is 0 Å². The Bertz CT molecular complexity index is 2240. The molecule has 0 aliphatic carbocycles. The average molecular weight is 420 g/mol. The number of nitrogens with one attached hydrogen (secondary N) is 1. The van der Waals surface area contributed by atoms with E-state index in [9.17, 15) is 0 Å². The molecule has 1 N–H and O–H groups in total. The summed E-state index contributed by atoms with van der Waals surface area (Å²) in [6.07, 6.45) is 0. The van der Waals surface area contributed by atoms with Gasteiger partial charge in [0.25, 0.3) is 0 Å². The van der Waals surface area contributed by atoms with Crippen molar-refractivity contribution >= 4 is 81.8 Å². The second-order valence-corrected chi connectivity index (χ2v) is 9.03. The molecular weight excluding hydrogens is 404 g/mol. The number of aromatic amines is 1. The van der Waals surface area contributed by atoms with E-state index in [1.807, 2.05) is 6.07 Å². The number of hydrogen-bond donors (Lipinski definition) is 1. The zero-order valence-electron chi connectivity index (χ0n) is 17.5. The van der Waals surface area contributed by atoms with Crippen LogP contribution in [0.15, 0.2) is 95.4 Å². The summed E-state index contributed by atoms with van der Waals surface area (Å²) >= 11 is 0. The Kier molecular flexibility index (Phi) is 2.59. The van der Waals surface area contributed by atoms with Gasteiger partial charge < -0.3 is 13.8 Å². The first-order valence-corrected chi connectivity index (χ1v) is 11.3.